The van der Waals surface area contributed by atoms with Gasteiger partial charge in [0, 0.05) is 42.3 Å². The standard InChI is InChI=1S/C54H57IN4/c1-51(2,3)33-15-21-40(53(7,8)9)38(29-33)49-44-23-19-36(56-44)31-37-20-24-45(57-37)50(39-30-34(52(4,5)6)16-22-41(39)54(10,11)12)47-28-26-43(59-47)48(42-25-27-46(49)58-42)32-13-17-35(55)18-14-32/h13-31,56,59H,1-12H3. The molecule has 2 aliphatic heterocycles. The summed E-state index contributed by atoms with van der Waals surface area (Å²) in [6, 6.07) is 33.8. The number of nitrogens with zero attached hydrogens (tertiary/aromatic N) is 2. The molecule has 4 nitrogen and oxygen atoms in total. The molecule has 5 heteroatoms. The van der Waals surface area contributed by atoms with Gasteiger partial charge in [-0.25, -0.2) is 9.97 Å². The first kappa shape index (κ1) is 40.8. The molecule has 300 valence electrons. The molecule has 0 radical (unpaired) electrons. The molecule has 0 saturated carbocycles. The lowest BCUT2D eigenvalue weighted by Crippen LogP contribution is -2.16. The van der Waals surface area contributed by atoms with E-state index >= 15 is 0 Å². The van der Waals surface area contributed by atoms with Crippen molar-refractivity contribution in [3.05, 3.63) is 140 Å². The molecule has 8 bridgehead atoms. The van der Waals surface area contributed by atoms with Crippen molar-refractivity contribution in [2.24, 2.45) is 0 Å². The summed E-state index contributed by atoms with van der Waals surface area (Å²) in [7, 11) is 0. The number of aromatic nitrogens is 4. The molecule has 3 aromatic heterocycles. The number of nitrogens with one attached hydrogen (secondary N) is 2. The summed E-state index contributed by atoms with van der Waals surface area (Å²) in [5.41, 5.74) is 19.3. The van der Waals surface area contributed by atoms with Crippen molar-refractivity contribution in [2.75, 3.05) is 0 Å². The lowest BCUT2D eigenvalue weighted by molar-refractivity contribution is 0.578. The maximum Gasteiger partial charge on any atom is 0.0737 e. The molecule has 8 rings (SSSR count). The van der Waals surface area contributed by atoms with Gasteiger partial charge in [0.2, 0.25) is 0 Å². The highest BCUT2D eigenvalue weighted by atomic mass is 127. The Morgan fingerprint density at radius 2 is 0.881 bits per heavy atom. The summed E-state index contributed by atoms with van der Waals surface area (Å²) in [5, 5.41) is 0. The van der Waals surface area contributed by atoms with Crippen molar-refractivity contribution in [3.63, 3.8) is 0 Å². The molecule has 0 atom stereocenters. The second-order valence-electron chi connectivity index (χ2n) is 20.4. The van der Waals surface area contributed by atoms with Gasteiger partial charge in [0.05, 0.1) is 22.8 Å². The van der Waals surface area contributed by atoms with Gasteiger partial charge in [-0.05, 0) is 150 Å². The molecule has 0 spiro atoms. The molecule has 0 amide bonds. The minimum Gasteiger partial charge on any atom is -0.355 e. The molecule has 59 heavy (non-hydrogen) atoms. The molecular formula is C54H57IN4. The second kappa shape index (κ2) is 14.6. The third-order valence-electron chi connectivity index (χ3n) is 11.6. The molecule has 2 N–H and O–H groups in total. The SMILES string of the molecule is CC(C)(C)c1ccc(C(C)(C)C)c(-c2c3nc(c(-c4ccc(I)cc4)c4ccc([nH]4)c(-c4cc(C(C)(C)C)ccc4C(C)(C)C)c4nc(cc5ccc2[nH]5)C=C4)C=C3)c1. The topological polar surface area (TPSA) is 57.4 Å². The van der Waals surface area contributed by atoms with Crippen LogP contribution in [0.2, 0.25) is 0 Å². The Hall–Kier alpha value is -5.01. The van der Waals surface area contributed by atoms with E-state index in [0.717, 1.165) is 67.1 Å². The molecule has 6 aromatic rings. The fraction of sp³-hybridized carbons (Fsp3) is 0.296. The summed E-state index contributed by atoms with van der Waals surface area (Å²) in [5.74, 6) is 0. The van der Waals surface area contributed by atoms with Gasteiger partial charge < -0.3 is 9.97 Å². The van der Waals surface area contributed by atoms with Crippen LogP contribution in [0.25, 0.3) is 79.8 Å². The van der Waals surface area contributed by atoms with E-state index in [2.05, 4.69) is 231 Å². The van der Waals surface area contributed by atoms with Gasteiger partial charge in [-0.3, -0.25) is 0 Å². The fourth-order valence-electron chi connectivity index (χ4n) is 8.37. The summed E-state index contributed by atoms with van der Waals surface area (Å²) < 4.78 is 1.19. The number of fused-ring (bicyclic) bond motifs is 8. The maximum atomic E-state index is 5.59. The highest BCUT2D eigenvalue weighted by Crippen LogP contribution is 2.43. The maximum absolute atomic E-state index is 5.59. The Balaban J connectivity index is 1.55. The average Bonchev–Trinajstić information content (AvgIpc) is 3.98. The van der Waals surface area contributed by atoms with E-state index in [1.54, 1.807) is 0 Å². The Bertz CT molecular complexity index is 2780. The average molecular weight is 889 g/mol. The van der Waals surface area contributed by atoms with E-state index in [-0.39, 0.29) is 21.7 Å². The van der Waals surface area contributed by atoms with Gasteiger partial charge in [-0.2, -0.15) is 0 Å². The van der Waals surface area contributed by atoms with E-state index in [1.165, 1.54) is 37.0 Å². The first-order valence-corrected chi connectivity index (χ1v) is 21.9. The Labute approximate surface area is 364 Å². The first-order valence-electron chi connectivity index (χ1n) is 20.9. The summed E-state index contributed by atoms with van der Waals surface area (Å²) >= 11 is 2.39. The van der Waals surface area contributed by atoms with Gasteiger partial charge in [0.1, 0.15) is 0 Å². The molecule has 3 aromatic carbocycles. The van der Waals surface area contributed by atoms with Crippen molar-refractivity contribution >= 4 is 69.0 Å². The van der Waals surface area contributed by atoms with Gasteiger partial charge in [0.15, 0.2) is 0 Å². The number of benzene rings is 3. The van der Waals surface area contributed by atoms with Crippen LogP contribution in [-0.2, 0) is 21.7 Å². The van der Waals surface area contributed by atoms with Crippen LogP contribution in [0.15, 0.2) is 91.0 Å². The van der Waals surface area contributed by atoms with Crippen LogP contribution in [-0.4, -0.2) is 19.9 Å². The first-order chi connectivity index (χ1) is 27.6. The van der Waals surface area contributed by atoms with E-state index < -0.39 is 0 Å². The molecule has 2 aliphatic rings. The van der Waals surface area contributed by atoms with Crippen molar-refractivity contribution in [3.8, 4) is 33.4 Å². The summed E-state index contributed by atoms with van der Waals surface area (Å²) in [6.07, 6.45) is 8.72. The van der Waals surface area contributed by atoms with Gasteiger partial charge in [-0.15, -0.1) is 0 Å². The van der Waals surface area contributed by atoms with E-state index in [9.17, 15) is 0 Å². The predicted octanol–water partition coefficient (Wildman–Crippen LogP) is 15.5. The van der Waals surface area contributed by atoms with Crippen molar-refractivity contribution in [1.29, 1.82) is 0 Å². The Kier molecular flexibility index (Phi) is 10.1. The van der Waals surface area contributed by atoms with Crippen LogP contribution >= 0.6 is 22.6 Å². The second-order valence-corrected chi connectivity index (χ2v) is 21.6. The Morgan fingerprint density at radius 1 is 0.424 bits per heavy atom. The Morgan fingerprint density at radius 3 is 1.41 bits per heavy atom. The molecule has 0 fully saturated rings. The summed E-state index contributed by atoms with van der Waals surface area (Å²) in [6.45, 7) is 27.5. The minimum atomic E-state index is -0.104. The highest BCUT2D eigenvalue weighted by molar-refractivity contribution is 14.1. The molecule has 5 heterocycles. The summed E-state index contributed by atoms with van der Waals surface area (Å²) in [4.78, 5) is 18.8. The largest absolute Gasteiger partial charge is 0.355 e. The van der Waals surface area contributed by atoms with Crippen molar-refractivity contribution in [2.45, 2.75) is 105 Å². The van der Waals surface area contributed by atoms with Crippen LogP contribution in [0.5, 0.6) is 0 Å². The third-order valence-corrected chi connectivity index (χ3v) is 12.4. The zero-order valence-corrected chi connectivity index (χ0v) is 38.9. The van der Waals surface area contributed by atoms with Gasteiger partial charge in [-0.1, -0.05) is 132 Å². The number of H-pyrrole nitrogens is 2. The van der Waals surface area contributed by atoms with Crippen LogP contribution in [0.3, 0.4) is 0 Å². The number of hydrogen-bond acceptors (Lipinski definition) is 2. The fourth-order valence-corrected chi connectivity index (χ4v) is 8.73. The molecule has 0 aliphatic carbocycles. The normalized spacial score (nSPS) is 13.4. The van der Waals surface area contributed by atoms with E-state index in [1.807, 2.05) is 0 Å². The molecular weight excluding hydrogens is 832 g/mol. The number of rotatable bonds is 3. The number of hydrogen-bond donors (Lipinski definition) is 2. The van der Waals surface area contributed by atoms with Gasteiger partial charge in [0.25, 0.3) is 0 Å². The predicted molar refractivity (Wildman–Crippen MR) is 263 cm³/mol. The van der Waals surface area contributed by atoms with Crippen molar-refractivity contribution in [1.82, 2.24) is 19.9 Å². The highest BCUT2D eigenvalue weighted by Gasteiger charge is 2.27. The van der Waals surface area contributed by atoms with Crippen LogP contribution in [0.1, 0.15) is 128 Å². The smallest absolute Gasteiger partial charge is 0.0737 e. The number of aromatic amines is 2. The zero-order valence-electron chi connectivity index (χ0n) is 36.7. The van der Waals surface area contributed by atoms with E-state index in [4.69, 9.17) is 9.97 Å². The molecule has 0 saturated heterocycles. The number of halogens is 1. The lowest BCUT2D eigenvalue weighted by Gasteiger charge is -2.27. The third kappa shape index (κ3) is 8.03. The van der Waals surface area contributed by atoms with Crippen LogP contribution in [0, 0.1) is 3.57 Å². The van der Waals surface area contributed by atoms with Crippen LogP contribution in [0.4, 0.5) is 0 Å². The van der Waals surface area contributed by atoms with Crippen LogP contribution < -0.4 is 0 Å². The van der Waals surface area contributed by atoms with Gasteiger partial charge >= 0.3 is 0 Å². The monoisotopic (exact) mass is 888 g/mol. The van der Waals surface area contributed by atoms with Crippen molar-refractivity contribution < 1.29 is 0 Å². The molecule has 0 unspecified atom stereocenters. The van der Waals surface area contributed by atoms with E-state index in [0.29, 0.717) is 0 Å². The quantitative estimate of drug-likeness (QED) is 0.174. The minimum absolute atomic E-state index is 0.0286. The lowest BCUT2D eigenvalue weighted by atomic mass is 9.77. The zero-order chi connectivity index (χ0) is 42.2.